The minimum Gasteiger partial charge on any atom is -0.493 e. The number of hydrogen-bond donors (Lipinski definition) is 1. The van der Waals surface area contributed by atoms with E-state index in [4.69, 9.17) is 9.47 Å². The van der Waals surface area contributed by atoms with Gasteiger partial charge in [-0.15, -0.1) is 0 Å². The summed E-state index contributed by atoms with van der Waals surface area (Å²) in [6, 6.07) is 6.07. The van der Waals surface area contributed by atoms with Crippen LogP contribution in [-0.4, -0.2) is 19.3 Å². The fourth-order valence-corrected chi connectivity index (χ4v) is 2.05. The minimum absolute atomic E-state index is 0.0813. The lowest BCUT2D eigenvalue weighted by Gasteiger charge is -2.22. The highest BCUT2D eigenvalue weighted by Gasteiger charge is 2.14. The van der Waals surface area contributed by atoms with Crippen molar-refractivity contribution in [3.63, 3.8) is 0 Å². The third kappa shape index (κ3) is 6.85. The highest BCUT2D eigenvalue weighted by molar-refractivity contribution is 5.46. The molecule has 1 rings (SSSR count). The van der Waals surface area contributed by atoms with Gasteiger partial charge in [0.1, 0.15) is 0 Å². The predicted octanol–water partition coefficient (Wildman–Crippen LogP) is 4.40. The molecule has 0 saturated heterocycles. The van der Waals surface area contributed by atoms with E-state index >= 15 is 0 Å². The summed E-state index contributed by atoms with van der Waals surface area (Å²) in [5, 5.41) is 3.50. The average molecular weight is 293 g/mol. The summed E-state index contributed by atoms with van der Waals surface area (Å²) in [6.45, 7) is 12.5. The van der Waals surface area contributed by atoms with Gasteiger partial charge in [-0.1, -0.05) is 26.0 Å². The molecule has 3 heteroatoms. The molecule has 21 heavy (non-hydrogen) atoms. The molecule has 3 nitrogen and oxygen atoms in total. The highest BCUT2D eigenvalue weighted by atomic mass is 16.5. The van der Waals surface area contributed by atoms with Crippen LogP contribution < -0.4 is 14.8 Å². The Labute approximate surface area is 130 Å². The zero-order chi connectivity index (χ0) is 15.9. The molecule has 120 valence electrons. The number of para-hydroxylation sites is 1. The lowest BCUT2D eigenvalue weighted by atomic mass is 10.1. The Morgan fingerprint density at radius 2 is 1.90 bits per heavy atom. The monoisotopic (exact) mass is 293 g/mol. The normalized spacial score (nSPS) is 11.8. The molecule has 1 aromatic carbocycles. The highest BCUT2D eigenvalue weighted by Crippen LogP contribution is 2.31. The zero-order valence-corrected chi connectivity index (χ0v) is 14.5. The summed E-state index contributed by atoms with van der Waals surface area (Å²) < 4.78 is 11.5. The van der Waals surface area contributed by atoms with Gasteiger partial charge in [-0.3, -0.25) is 0 Å². The van der Waals surface area contributed by atoms with Crippen LogP contribution in [0, 0.1) is 5.92 Å². The molecule has 1 N–H and O–H groups in total. The minimum atomic E-state index is 0.0813. The molecule has 0 unspecified atom stereocenters. The van der Waals surface area contributed by atoms with Crippen LogP contribution in [0.15, 0.2) is 18.2 Å². The number of hydrogen-bond acceptors (Lipinski definition) is 3. The molecule has 0 amide bonds. The van der Waals surface area contributed by atoms with Crippen molar-refractivity contribution >= 4 is 0 Å². The van der Waals surface area contributed by atoms with Gasteiger partial charge in [0.05, 0.1) is 13.7 Å². The Bertz CT molecular complexity index is 422. The van der Waals surface area contributed by atoms with E-state index in [1.807, 2.05) is 12.1 Å². The van der Waals surface area contributed by atoms with Crippen LogP contribution in [0.25, 0.3) is 0 Å². The topological polar surface area (TPSA) is 30.5 Å². The summed E-state index contributed by atoms with van der Waals surface area (Å²) >= 11 is 0. The van der Waals surface area contributed by atoms with E-state index in [9.17, 15) is 0 Å². The zero-order valence-electron chi connectivity index (χ0n) is 14.5. The predicted molar refractivity (Wildman–Crippen MR) is 89.2 cm³/mol. The Morgan fingerprint density at radius 3 is 2.48 bits per heavy atom. The Hall–Kier alpha value is -1.22. The van der Waals surface area contributed by atoms with Crippen LogP contribution >= 0.6 is 0 Å². The lowest BCUT2D eigenvalue weighted by Crippen LogP contribution is -2.35. The number of nitrogens with one attached hydrogen (secondary N) is 1. The van der Waals surface area contributed by atoms with Crippen molar-refractivity contribution in [2.45, 2.75) is 59.5 Å². The van der Waals surface area contributed by atoms with Gasteiger partial charge in [0.15, 0.2) is 11.5 Å². The van der Waals surface area contributed by atoms with Gasteiger partial charge in [0.25, 0.3) is 0 Å². The third-order valence-electron chi connectivity index (χ3n) is 3.26. The molecule has 0 bridgehead atoms. The third-order valence-corrected chi connectivity index (χ3v) is 3.26. The fourth-order valence-electron chi connectivity index (χ4n) is 2.05. The molecular formula is C18H31NO2. The molecular weight excluding hydrogens is 262 g/mol. The molecule has 0 atom stereocenters. The van der Waals surface area contributed by atoms with Crippen molar-refractivity contribution in [3.05, 3.63) is 23.8 Å². The van der Waals surface area contributed by atoms with Crippen LogP contribution in [0.1, 0.15) is 53.0 Å². The molecule has 0 aliphatic carbocycles. The van der Waals surface area contributed by atoms with Crippen molar-refractivity contribution in [2.75, 3.05) is 13.7 Å². The standard InChI is InChI=1S/C18H31NO2/c1-14(2)9-8-12-21-17-15(13-19-18(3,4)5)10-7-11-16(17)20-6/h7,10-11,14,19H,8-9,12-13H2,1-6H3. The first-order chi connectivity index (χ1) is 9.83. The Balaban J connectivity index is 2.73. The maximum atomic E-state index is 6.01. The van der Waals surface area contributed by atoms with E-state index in [1.165, 1.54) is 6.42 Å². The van der Waals surface area contributed by atoms with Gasteiger partial charge in [0.2, 0.25) is 0 Å². The van der Waals surface area contributed by atoms with E-state index in [1.54, 1.807) is 7.11 Å². The van der Waals surface area contributed by atoms with Crippen LogP contribution in [0.5, 0.6) is 11.5 Å². The molecule has 0 heterocycles. The summed E-state index contributed by atoms with van der Waals surface area (Å²) in [5.41, 5.74) is 1.23. The van der Waals surface area contributed by atoms with Crippen molar-refractivity contribution in [2.24, 2.45) is 5.92 Å². The summed E-state index contributed by atoms with van der Waals surface area (Å²) in [4.78, 5) is 0. The van der Waals surface area contributed by atoms with Gasteiger partial charge in [-0.25, -0.2) is 0 Å². The Kier molecular flexibility index (Phi) is 7.03. The maximum Gasteiger partial charge on any atom is 0.165 e. The van der Waals surface area contributed by atoms with Gasteiger partial charge in [0, 0.05) is 17.6 Å². The summed E-state index contributed by atoms with van der Waals surface area (Å²) in [6.07, 6.45) is 2.26. The number of benzene rings is 1. The van der Waals surface area contributed by atoms with Gasteiger partial charge in [-0.2, -0.15) is 0 Å². The van der Waals surface area contributed by atoms with E-state index < -0.39 is 0 Å². The fraction of sp³-hybridized carbons (Fsp3) is 0.667. The second-order valence-corrected chi connectivity index (χ2v) is 6.94. The average Bonchev–Trinajstić information content (AvgIpc) is 2.40. The van der Waals surface area contributed by atoms with Crippen LogP contribution in [0.3, 0.4) is 0 Å². The van der Waals surface area contributed by atoms with E-state index in [-0.39, 0.29) is 5.54 Å². The van der Waals surface area contributed by atoms with Gasteiger partial charge >= 0.3 is 0 Å². The molecule has 1 aromatic rings. The molecule has 0 aromatic heterocycles. The number of methoxy groups -OCH3 is 1. The molecule has 0 saturated carbocycles. The van der Waals surface area contributed by atoms with Gasteiger partial charge in [-0.05, 0) is 45.6 Å². The first-order valence-corrected chi connectivity index (χ1v) is 7.87. The van der Waals surface area contributed by atoms with Crippen LogP contribution in [0.4, 0.5) is 0 Å². The number of ether oxygens (including phenoxy) is 2. The van der Waals surface area contributed by atoms with Gasteiger partial charge < -0.3 is 14.8 Å². The van der Waals surface area contributed by atoms with Crippen LogP contribution in [0.2, 0.25) is 0 Å². The SMILES string of the molecule is COc1cccc(CNC(C)(C)C)c1OCCCC(C)C. The van der Waals surface area contributed by atoms with Crippen molar-refractivity contribution in [1.82, 2.24) is 5.32 Å². The van der Waals surface area contributed by atoms with E-state index in [2.05, 4.69) is 46.0 Å². The number of rotatable bonds is 8. The largest absolute Gasteiger partial charge is 0.493 e. The van der Waals surface area contributed by atoms with Crippen molar-refractivity contribution < 1.29 is 9.47 Å². The quantitative estimate of drug-likeness (QED) is 0.721. The van der Waals surface area contributed by atoms with E-state index in [0.29, 0.717) is 5.92 Å². The molecule has 0 fully saturated rings. The van der Waals surface area contributed by atoms with Crippen molar-refractivity contribution in [1.29, 1.82) is 0 Å². The first kappa shape index (κ1) is 17.8. The second-order valence-electron chi connectivity index (χ2n) is 6.94. The molecule has 0 spiro atoms. The maximum absolute atomic E-state index is 6.01. The van der Waals surface area contributed by atoms with E-state index in [0.717, 1.165) is 36.6 Å². The summed E-state index contributed by atoms with van der Waals surface area (Å²) in [7, 11) is 1.69. The smallest absolute Gasteiger partial charge is 0.165 e. The summed E-state index contributed by atoms with van der Waals surface area (Å²) in [5.74, 6) is 2.40. The lowest BCUT2D eigenvalue weighted by molar-refractivity contribution is 0.275. The van der Waals surface area contributed by atoms with Crippen LogP contribution in [-0.2, 0) is 6.54 Å². The molecule has 0 aliphatic rings. The first-order valence-electron chi connectivity index (χ1n) is 7.87. The second kappa shape index (κ2) is 8.28. The molecule has 0 aliphatic heterocycles. The Morgan fingerprint density at radius 1 is 1.19 bits per heavy atom. The van der Waals surface area contributed by atoms with Crippen molar-refractivity contribution in [3.8, 4) is 11.5 Å². The molecule has 0 radical (unpaired) electrons.